The highest BCUT2D eigenvalue weighted by molar-refractivity contribution is 6.22. The van der Waals surface area contributed by atoms with Gasteiger partial charge < -0.3 is 14.5 Å². The second-order valence-corrected chi connectivity index (χ2v) is 7.35. The zero-order valence-corrected chi connectivity index (χ0v) is 17.1. The number of furan rings is 1. The third-order valence-corrected chi connectivity index (χ3v) is 4.76. The maximum Gasteiger partial charge on any atom is 0.261 e. The normalized spacial score (nSPS) is 12.9. The molecule has 31 heavy (non-hydrogen) atoms. The molecule has 0 bridgehead atoms. The summed E-state index contributed by atoms with van der Waals surface area (Å²) in [5.74, 6) is -0.267. The van der Waals surface area contributed by atoms with Crippen LogP contribution in [0.25, 0.3) is 0 Å². The van der Waals surface area contributed by atoms with Crippen LogP contribution >= 0.6 is 0 Å². The molecule has 3 heterocycles. The Labute approximate surface area is 178 Å². The van der Waals surface area contributed by atoms with Gasteiger partial charge in [-0.3, -0.25) is 19.3 Å². The van der Waals surface area contributed by atoms with E-state index < -0.39 is 11.8 Å². The van der Waals surface area contributed by atoms with Crippen molar-refractivity contribution in [2.75, 3.05) is 0 Å². The maximum absolute atomic E-state index is 12.7. The van der Waals surface area contributed by atoms with Gasteiger partial charge in [0.15, 0.2) is 0 Å². The molecule has 8 heteroatoms. The average molecular weight is 419 g/mol. The van der Waals surface area contributed by atoms with Crippen molar-refractivity contribution in [3.63, 3.8) is 0 Å². The molecule has 2 aromatic heterocycles. The summed E-state index contributed by atoms with van der Waals surface area (Å²) in [6.07, 6.45) is 3.06. The van der Waals surface area contributed by atoms with Crippen molar-refractivity contribution >= 4 is 17.7 Å². The Balaban J connectivity index is 1.48. The van der Waals surface area contributed by atoms with E-state index in [0.717, 1.165) is 10.5 Å². The van der Waals surface area contributed by atoms with E-state index in [9.17, 15) is 14.4 Å². The topological polar surface area (TPSA) is 102 Å². The summed E-state index contributed by atoms with van der Waals surface area (Å²) in [5.41, 5.74) is 1.50. The van der Waals surface area contributed by atoms with E-state index in [1.165, 1.54) is 24.5 Å². The molecule has 0 saturated heterocycles. The molecule has 0 aliphatic carbocycles. The minimum Gasteiger partial charge on any atom is -0.475 e. The Morgan fingerprint density at radius 3 is 2.68 bits per heavy atom. The molecule has 8 nitrogen and oxygen atoms in total. The number of nitrogens with one attached hydrogen (secondary N) is 1. The molecule has 1 aliphatic rings. The summed E-state index contributed by atoms with van der Waals surface area (Å²) in [5, 5.41) is 2.81. The van der Waals surface area contributed by atoms with Gasteiger partial charge in [0, 0.05) is 23.9 Å². The van der Waals surface area contributed by atoms with E-state index in [1.807, 2.05) is 19.9 Å². The molecule has 0 radical (unpaired) electrons. The Morgan fingerprint density at radius 2 is 1.94 bits per heavy atom. The summed E-state index contributed by atoms with van der Waals surface area (Å²) >= 11 is 0. The van der Waals surface area contributed by atoms with E-state index in [4.69, 9.17) is 9.15 Å². The molecule has 3 aromatic rings. The van der Waals surface area contributed by atoms with Gasteiger partial charge in [-0.05, 0) is 50.2 Å². The number of amides is 3. The number of rotatable bonds is 7. The Kier molecular flexibility index (Phi) is 5.53. The van der Waals surface area contributed by atoms with Crippen molar-refractivity contribution in [1.29, 1.82) is 0 Å². The molecular formula is C23H21N3O5. The van der Waals surface area contributed by atoms with Crippen molar-refractivity contribution in [2.24, 2.45) is 0 Å². The lowest BCUT2D eigenvalue weighted by atomic mass is 10.1. The van der Waals surface area contributed by atoms with Crippen LogP contribution in [0.3, 0.4) is 0 Å². The highest BCUT2D eigenvalue weighted by Crippen LogP contribution is 2.26. The number of benzene rings is 1. The smallest absolute Gasteiger partial charge is 0.261 e. The molecule has 158 valence electrons. The van der Waals surface area contributed by atoms with Crippen LogP contribution < -0.4 is 10.1 Å². The SMILES string of the molecule is CC(C)Oc1ncccc1CNC(=O)c1ccc2c(c1)C(=O)N(Cc1ccco1)C2=O. The molecule has 0 saturated carbocycles. The van der Waals surface area contributed by atoms with Crippen LogP contribution in [0.15, 0.2) is 59.3 Å². The molecule has 0 unspecified atom stereocenters. The van der Waals surface area contributed by atoms with Crippen molar-refractivity contribution in [2.45, 2.75) is 33.0 Å². The number of aromatic nitrogens is 1. The minimum atomic E-state index is -0.453. The van der Waals surface area contributed by atoms with Crippen LogP contribution in [0.2, 0.25) is 0 Å². The monoisotopic (exact) mass is 419 g/mol. The number of nitrogens with zero attached hydrogens (tertiary/aromatic N) is 2. The first-order chi connectivity index (χ1) is 14.9. The van der Waals surface area contributed by atoms with E-state index in [-0.39, 0.29) is 41.8 Å². The summed E-state index contributed by atoms with van der Waals surface area (Å²) in [6.45, 7) is 4.05. The quantitative estimate of drug-likeness (QED) is 0.590. The number of ether oxygens (including phenoxy) is 1. The molecule has 1 N–H and O–H groups in total. The van der Waals surface area contributed by atoms with E-state index in [2.05, 4.69) is 10.3 Å². The zero-order valence-electron chi connectivity index (χ0n) is 17.1. The fourth-order valence-corrected chi connectivity index (χ4v) is 3.30. The fourth-order valence-electron chi connectivity index (χ4n) is 3.30. The van der Waals surface area contributed by atoms with E-state index in [0.29, 0.717) is 11.6 Å². The second kappa shape index (κ2) is 8.43. The number of pyridine rings is 1. The van der Waals surface area contributed by atoms with Crippen LogP contribution in [0.1, 0.15) is 56.2 Å². The molecule has 1 aliphatic heterocycles. The number of hydrogen-bond acceptors (Lipinski definition) is 6. The standard InChI is InChI=1S/C23H21N3O5/c1-14(2)31-21-16(5-3-9-24-21)12-25-20(27)15-7-8-18-19(11-15)23(29)26(22(18)28)13-17-6-4-10-30-17/h3-11,14H,12-13H2,1-2H3,(H,25,27). The zero-order chi connectivity index (χ0) is 22.0. The second-order valence-electron chi connectivity index (χ2n) is 7.35. The lowest BCUT2D eigenvalue weighted by Crippen LogP contribution is -2.28. The van der Waals surface area contributed by atoms with Gasteiger partial charge in [0.2, 0.25) is 5.88 Å². The van der Waals surface area contributed by atoms with Gasteiger partial charge in [0.05, 0.1) is 30.0 Å². The minimum absolute atomic E-state index is 0.0422. The van der Waals surface area contributed by atoms with Crippen molar-refractivity contribution < 1.29 is 23.5 Å². The summed E-state index contributed by atoms with van der Waals surface area (Å²) < 4.78 is 10.9. The highest BCUT2D eigenvalue weighted by atomic mass is 16.5. The predicted molar refractivity (Wildman–Crippen MR) is 111 cm³/mol. The van der Waals surface area contributed by atoms with Gasteiger partial charge in [0.1, 0.15) is 5.76 Å². The third-order valence-electron chi connectivity index (χ3n) is 4.76. The Bertz CT molecular complexity index is 1140. The van der Waals surface area contributed by atoms with Crippen LogP contribution in [0.4, 0.5) is 0 Å². The molecule has 4 rings (SSSR count). The Morgan fingerprint density at radius 1 is 1.13 bits per heavy atom. The number of carbonyl (C=O) groups excluding carboxylic acids is 3. The largest absolute Gasteiger partial charge is 0.475 e. The molecule has 0 fully saturated rings. The maximum atomic E-state index is 12.7. The lowest BCUT2D eigenvalue weighted by Gasteiger charge is -2.13. The molecule has 1 aromatic carbocycles. The van der Waals surface area contributed by atoms with Gasteiger partial charge in [-0.2, -0.15) is 0 Å². The van der Waals surface area contributed by atoms with Gasteiger partial charge in [0.25, 0.3) is 17.7 Å². The third kappa shape index (κ3) is 4.18. The Hall–Kier alpha value is -3.94. The van der Waals surface area contributed by atoms with Gasteiger partial charge in [-0.25, -0.2) is 4.98 Å². The fraction of sp³-hybridized carbons (Fsp3) is 0.217. The predicted octanol–water partition coefficient (Wildman–Crippen LogP) is 3.19. The number of hydrogen-bond donors (Lipinski definition) is 1. The van der Waals surface area contributed by atoms with Crippen LogP contribution in [0, 0.1) is 0 Å². The van der Waals surface area contributed by atoms with Crippen LogP contribution in [0.5, 0.6) is 5.88 Å². The first kappa shape index (κ1) is 20.3. The molecule has 0 spiro atoms. The summed E-state index contributed by atoms with van der Waals surface area (Å²) in [6, 6.07) is 11.5. The van der Waals surface area contributed by atoms with Gasteiger partial charge in [-0.15, -0.1) is 0 Å². The average Bonchev–Trinajstić information content (AvgIpc) is 3.35. The van der Waals surface area contributed by atoms with E-state index in [1.54, 1.807) is 24.4 Å². The van der Waals surface area contributed by atoms with Crippen LogP contribution in [-0.4, -0.2) is 33.7 Å². The van der Waals surface area contributed by atoms with Crippen molar-refractivity contribution in [3.05, 3.63) is 82.9 Å². The summed E-state index contributed by atoms with van der Waals surface area (Å²) in [7, 11) is 0. The number of carbonyl (C=O) groups is 3. The molecule has 3 amide bonds. The molecule has 0 atom stereocenters. The van der Waals surface area contributed by atoms with Gasteiger partial charge in [-0.1, -0.05) is 6.07 Å². The first-order valence-electron chi connectivity index (χ1n) is 9.85. The number of fused-ring (bicyclic) bond motifs is 1. The van der Waals surface area contributed by atoms with Crippen molar-refractivity contribution in [1.82, 2.24) is 15.2 Å². The first-order valence-corrected chi connectivity index (χ1v) is 9.85. The van der Waals surface area contributed by atoms with Gasteiger partial charge >= 0.3 is 0 Å². The number of imide groups is 1. The van der Waals surface area contributed by atoms with Crippen LogP contribution in [-0.2, 0) is 13.1 Å². The summed E-state index contributed by atoms with van der Waals surface area (Å²) in [4.78, 5) is 43.3. The molecular weight excluding hydrogens is 398 g/mol. The van der Waals surface area contributed by atoms with Crippen molar-refractivity contribution in [3.8, 4) is 5.88 Å². The highest BCUT2D eigenvalue weighted by Gasteiger charge is 2.36. The van der Waals surface area contributed by atoms with E-state index >= 15 is 0 Å². The lowest BCUT2D eigenvalue weighted by molar-refractivity contribution is 0.0631.